The number of nitrogens with one attached hydrogen (secondary N) is 1. The van der Waals surface area contributed by atoms with Gasteiger partial charge in [0.25, 0.3) is 5.69 Å². The van der Waals surface area contributed by atoms with Gasteiger partial charge in [0.1, 0.15) is 0 Å². The van der Waals surface area contributed by atoms with E-state index < -0.39 is 16.4 Å². The van der Waals surface area contributed by atoms with Crippen molar-refractivity contribution in [1.82, 2.24) is 0 Å². The van der Waals surface area contributed by atoms with Gasteiger partial charge < -0.3 is 10.4 Å². The second kappa shape index (κ2) is 6.15. The zero-order valence-corrected chi connectivity index (χ0v) is 12.2. The van der Waals surface area contributed by atoms with E-state index in [0.29, 0.717) is 11.3 Å². The lowest BCUT2D eigenvalue weighted by atomic mass is 9.91. The number of nitriles is 1. The van der Waals surface area contributed by atoms with Crippen LogP contribution < -0.4 is 5.32 Å². The molecule has 2 aromatic carbocycles. The Hall–Kier alpha value is -3.40. The van der Waals surface area contributed by atoms with E-state index in [1.807, 2.05) is 6.07 Å². The molecule has 1 unspecified atom stereocenters. The number of benzene rings is 2. The van der Waals surface area contributed by atoms with Gasteiger partial charge in [-0.1, -0.05) is 12.1 Å². The van der Waals surface area contributed by atoms with Crippen LogP contribution in [0.15, 0.2) is 48.5 Å². The van der Waals surface area contributed by atoms with E-state index >= 15 is 0 Å². The molecule has 0 bridgehead atoms. The normalized spacial score (nSPS) is 12.7. The number of nitro benzene ring substituents is 1. The molecule has 0 radical (unpaired) electrons. The van der Waals surface area contributed by atoms with Crippen LogP contribution in [0.4, 0.5) is 11.4 Å². The van der Waals surface area contributed by atoms with Crippen LogP contribution in [-0.4, -0.2) is 16.0 Å². The summed E-state index contributed by atoms with van der Waals surface area (Å²) >= 11 is 0. The maximum absolute atomic E-state index is 11.7. The summed E-state index contributed by atoms with van der Waals surface area (Å²) in [6.07, 6.45) is 0. The largest absolute Gasteiger partial charge is 0.479 e. The molecule has 0 saturated heterocycles. The molecule has 0 aliphatic heterocycles. The van der Waals surface area contributed by atoms with Crippen LogP contribution in [-0.2, 0) is 10.3 Å². The molecule has 0 fully saturated rings. The van der Waals surface area contributed by atoms with Gasteiger partial charge in [0, 0.05) is 17.8 Å². The number of hydrogen-bond acceptors (Lipinski definition) is 5. The first-order valence-corrected chi connectivity index (χ1v) is 6.63. The van der Waals surface area contributed by atoms with Crippen LogP contribution >= 0.6 is 0 Å². The molecule has 0 aliphatic rings. The third-order valence-corrected chi connectivity index (χ3v) is 3.47. The van der Waals surface area contributed by atoms with E-state index in [-0.39, 0.29) is 11.3 Å². The quantitative estimate of drug-likeness (QED) is 0.647. The molecule has 7 nitrogen and oxygen atoms in total. The Labute approximate surface area is 131 Å². The number of carbonyl (C=O) groups is 1. The molecule has 1 atom stereocenters. The first kappa shape index (κ1) is 16.0. The van der Waals surface area contributed by atoms with E-state index in [9.17, 15) is 20.0 Å². The van der Waals surface area contributed by atoms with Crippen molar-refractivity contribution in [2.45, 2.75) is 12.5 Å². The molecule has 0 heterocycles. The van der Waals surface area contributed by atoms with Crippen LogP contribution in [0.5, 0.6) is 0 Å². The fourth-order valence-corrected chi connectivity index (χ4v) is 2.10. The van der Waals surface area contributed by atoms with Gasteiger partial charge in [-0.05, 0) is 36.8 Å². The summed E-state index contributed by atoms with van der Waals surface area (Å²) in [4.78, 5) is 22.1. The number of non-ortho nitro benzene ring substituents is 1. The highest BCUT2D eigenvalue weighted by Crippen LogP contribution is 2.29. The van der Waals surface area contributed by atoms with Crippen LogP contribution in [0.3, 0.4) is 0 Å². The van der Waals surface area contributed by atoms with Crippen LogP contribution in [0.1, 0.15) is 18.1 Å². The summed E-state index contributed by atoms with van der Waals surface area (Å²) in [5.41, 5.74) is -0.552. The van der Waals surface area contributed by atoms with Crippen molar-refractivity contribution in [3.8, 4) is 6.07 Å². The number of rotatable bonds is 5. The van der Waals surface area contributed by atoms with Crippen molar-refractivity contribution in [3.05, 3.63) is 69.8 Å². The van der Waals surface area contributed by atoms with Gasteiger partial charge in [-0.25, -0.2) is 4.79 Å². The minimum atomic E-state index is -1.56. The fourth-order valence-electron chi connectivity index (χ4n) is 2.10. The highest BCUT2D eigenvalue weighted by Gasteiger charge is 2.36. The number of aliphatic carboxylic acids is 1. The van der Waals surface area contributed by atoms with Gasteiger partial charge in [-0.15, -0.1) is 0 Å². The molecule has 2 aromatic rings. The average molecular weight is 311 g/mol. The van der Waals surface area contributed by atoms with Crippen LogP contribution in [0, 0.1) is 21.4 Å². The molecule has 0 spiro atoms. The lowest BCUT2D eigenvalue weighted by Gasteiger charge is -2.28. The van der Waals surface area contributed by atoms with Crippen LogP contribution in [0.25, 0.3) is 0 Å². The Bertz CT molecular complexity index is 796. The van der Waals surface area contributed by atoms with Gasteiger partial charge in [0.15, 0.2) is 5.54 Å². The topological polar surface area (TPSA) is 116 Å². The van der Waals surface area contributed by atoms with Crippen LogP contribution in [0.2, 0.25) is 0 Å². The summed E-state index contributed by atoms with van der Waals surface area (Å²) in [6, 6.07) is 13.7. The van der Waals surface area contributed by atoms with Crippen molar-refractivity contribution < 1.29 is 14.8 Å². The van der Waals surface area contributed by atoms with Crippen molar-refractivity contribution in [1.29, 1.82) is 5.26 Å². The number of hydrogen-bond donors (Lipinski definition) is 2. The molecule has 23 heavy (non-hydrogen) atoms. The van der Waals surface area contributed by atoms with Crippen molar-refractivity contribution in [3.63, 3.8) is 0 Å². The Morgan fingerprint density at radius 1 is 1.30 bits per heavy atom. The number of carboxylic acids is 1. The first-order valence-electron chi connectivity index (χ1n) is 6.63. The molecule has 116 valence electrons. The smallest absolute Gasteiger partial charge is 0.333 e. The summed E-state index contributed by atoms with van der Waals surface area (Å²) < 4.78 is 0. The minimum Gasteiger partial charge on any atom is -0.479 e. The monoisotopic (exact) mass is 311 g/mol. The average Bonchev–Trinajstić information content (AvgIpc) is 2.55. The lowest BCUT2D eigenvalue weighted by molar-refractivity contribution is -0.384. The lowest BCUT2D eigenvalue weighted by Crippen LogP contribution is -2.40. The zero-order valence-electron chi connectivity index (χ0n) is 12.2. The number of carboxylic acid groups (broad SMARTS) is 1. The molecular formula is C16H13N3O4. The second-order valence-corrected chi connectivity index (χ2v) is 5.05. The molecule has 0 amide bonds. The van der Waals surface area contributed by atoms with E-state index in [0.717, 1.165) is 0 Å². The van der Waals surface area contributed by atoms with Gasteiger partial charge >= 0.3 is 5.97 Å². The van der Waals surface area contributed by atoms with Crippen molar-refractivity contribution >= 4 is 17.3 Å². The molecule has 0 aliphatic carbocycles. The minimum absolute atomic E-state index is 0.184. The van der Waals surface area contributed by atoms with E-state index in [4.69, 9.17) is 5.26 Å². The summed E-state index contributed by atoms with van der Waals surface area (Å²) in [7, 11) is 0. The Kier molecular flexibility index (Phi) is 4.27. The maximum atomic E-state index is 11.7. The summed E-state index contributed by atoms with van der Waals surface area (Å²) in [5.74, 6) is -1.18. The molecule has 2 N–H and O–H groups in total. The SMILES string of the molecule is CC(Nc1ccc(C#N)cc1)(C(=O)O)c1cccc([N+](=O)[O-])c1. The first-order chi connectivity index (χ1) is 10.9. The number of anilines is 1. The van der Waals surface area contributed by atoms with Gasteiger partial charge in [-0.3, -0.25) is 10.1 Å². The molecular weight excluding hydrogens is 298 g/mol. The third kappa shape index (κ3) is 3.27. The zero-order chi connectivity index (χ0) is 17.0. The van der Waals surface area contributed by atoms with Crippen molar-refractivity contribution in [2.75, 3.05) is 5.32 Å². The van der Waals surface area contributed by atoms with E-state index in [1.165, 1.54) is 31.2 Å². The molecule has 0 saturated carbocycles. The van der Waals surface area contributed by atoms with E-state index in [1.54, 1.807) is 24.3 Å². The Balaban J connectivity index is 2.42. The predicted octanol–water partition coefficient (Wildman–Crippen LogP) is 2.88. The third-order valence-electron chi connectivity index (χ3n) is 3.47. The number of nitro groups is 1. The predicted molar refractivity (Wildman–Crippen MR) is 82.9 cm³/mol. The highest BCUT2D eigenvalue weighted by molar-refractivity contribution is 5.84. The Morgan fingerprint density at radius 2 is 1.96 bits per heavy atom. The van der Waals surface area contributed by atoms with E-state index in [2.05, 4.69) is 5.32 Å². The summed E-state index contributed by atoms with van der Waals surface area (Å²) in [5, 5.41) is 32.1. The molecule has 0 aromatic heterocycles. The van der Waals surface area contributed by atoms with Crippen molar-refractivity contribution in [2.24, 2.45) is 0 Å². The second-order valence-electron chi connectivity index (χ2n) is 5.05. The Morgan fingerprint density at radius 3 is 2.48 bits per heavy atom. The van der Waals surface area contributed by atoms with Gasteiger partial charge in [-0.2, -0.15) is 5.26 Å². The summed E-state index contributed by atoms with van der Waals surface area (Å²) in [6.45, 7) is 1.42. The molecule has 7 heteroatoms. The number of nitrogens with zero attached hydrogens (tertiary/aromatic N) is 2. The van der Waals surface area contributed by atoms with Gasteiger partial charge in [0.2, 0.25) is 0 Å². The highest BCUT2D eigenvalue weighted by atomic mass is 16.6. The maximum Gasteiger partial charge on any atom is 0.333 e. The van der Waals surface area contributed by atoms with Gasteiger partial charge in [0.05, 0.1) is 16.6 Å². The molecule has 2 rings (SSSR count). The standard InChI is InChI=1S/C16H13N3O4/c1-16(15(20)21,12-3-2-4-14(9-12)19(22)23)18-13-7-5-11(10-17)6-8-13/h2-9,18H,1H3,(H,20,21). The fraction of sp³-hybridized carbons (Fsp3) is 0.125.